The van der Waals surface area contributed by atoms with Crippen molar-refractivity contribution >= 4 is 17.5 Å². The second-order valence-electron chi connectivity index (χ2n) is 5.60. The van der Waals surface area contributed by atoms with Gasteiger partial charge in [-0.2, -0.15) is 5.26 Å². The maximum atomic E-state index is 12.0. The van der Waals surface area contributed by atoms with E-state index in [2.05, 4.69) is 16.7 Å². The van der Waals surface area contributed by atoms with Crippen LogP contribution in [0.3, 0.4) is 0 Å². The fourth-order valence-electron chi connectivity index (χ4n) is 2.24. The number of anilines is 1. The largest absolute Gasteiger partial charge is 0.482 e. The molecule has 6 nitrogen and oxygen atoms in total. The van der Waals surface area contributed by atoms with Crippen molar-refractivity contribution in [1.82, 2.24) is 5.32 Å². The number of para-hydroxylation sites is 2. The van der Waals surface area contributed by atoms with Crippen LogP contribution in [0.25, 0.3) is 0 Å². The average Bonchev–Trinajstić information content (AvgIpc) is 3.30. The third-order valence-corrected chi connectivity index (χ3v) is 3.58. The highest BCUT2D eigenvalue weighted by Gasteiger charge is 2.43. The Kier molecular flexibility index (Phi) is 4.66. The molecule has 1 fully saturated rings. The molecule has 2 rings (SSSR count). The molecule has 6 heteroatoms. The predicted molar refractivity (Wildman–Crippen MR) is 81.1 cm³/mol. The number of benzene rings is 1. The number of carbonyl (C=O) groups is 2. The van der Waals surface area contributed by atoms with Crippen LogP contribution in [0.1, 0.15) is 26.7 Å². The van der Waals surface area contributed by atoms with Gasteiger partial charge in [0.25, 0.3) is 5.91 Å². The lowest BCUT2D eigenvalue weighted by molar-refractivity contribution is -0.124. The smallest absolute Gasteiger partial charge is 0.259 e. The number of nitrogens with one attached hydrogen (secondary N) is 2. The fraction of sp³-hybridized carbons (Fsp3) is 0.438. The van der Waals surface area contributed by atoms with Gasteiger partial charge < -0.3 is 15.4 Å². The molecular weight excluding hydrogens is 282 g/mol. The van der Waals surface area contributed by atoms with Crippen LogP contribution in [0, 0.1) is 17.2 Å². The topological polar surface area (TPSA) is 91.2 Å². The monoisotopic (exact) mass is 301 g/mol. The molecule has 2 amide bonds. The normalized spacial score (nSPS) is 16.0. The van der Waals surface area contributed by atoms with Gasteiger partial charge in [0.2, 0.25) is 5.91 Å². The van der Waals surface area contributed by atoms with Crippen LogP contribution in [0.15, 0.2) is 24.3 Å². The molecule has 0 aromatic heterocycles. The molecule has 0 saturated heterocycles. The Bertz CT molecular complexity index is 619. The first-order valence-electron chi connectivity index (χ1n) is 7.16. The maximum Gasteiger partial charge on any atom is 0.259 e. The zero-order valence-electron chi connectivity index (χ0n) is 12.7. The molecule has 1 aromatic rings. The van der Waals surface area contributed by atoms with Gasteiger partial charge in [0.05, 0.1) is 11.8 Å². The number of amides is 2. The highest BCUT2D eigenvalue weighted by Crippen LogP contribution is 2.39. The molecule has 1 aromatic carbocycles. The Morgan fingerprint density at radius 1 is 1.41 bits per heavy atom. The van der Waals surface area contributed by atoms with Crippen LogP contribution in [0.2, 0.25) is 0 Å². The minimum atomic E-state index is -0.836. The molecule has 1 atom stereocenters. The molecular formula is C16H19N3O3. The van der Waals surface area contributed by atoms with Crippen LogP contribution in [-0.2, 0) is 9.59 Å². The predicted octanol–water partition coefficient (Wildman–Crippen LogP) is 1.83. The van der Waals surface area contributed by atoms with Crippen molar-refractivity contribution < 1.29 is 14.3 Å². The van der Waals surface area contributed by atoms with E-state index in [1.165, 1.54) is 6.92 Å². The highest BCUT2D eigenvalue weighted by molar-refractivity contribution is 5.90. The summed E-state index contributed by atoms with van der Waals surface area (Å²) in [6.07, 6.45) is 1.91. The van der Waals surface area contributed by atoms with Gasteiger partial charge in [-0.1, -0.05) is 12.1 Å². The van der Waals surface area contributed by atoms with Crippen molar-refractivity contribution in [3.63, 3.8) is 0 Å². The van der Waals surface area contributed by atoms with Crippen molar-refractivity contribution in [1.29, 1.82) is 5.26 Å². The van der Waals surface area contributed by atoms with E-state index in [0.29, 0.717) is 11.4 Å². The summed E-state index contributed by atoms with van der Waals surface area (Å²) in [5.74, 6) is 0.0610. The average molecular weight is 301 g/mol. The van der Waals surface area contributed by atoms with E-state index >= 15 is 0 Å². The molecule has 0 radical (unpaired) electrons. The van der Waals surface area contributed by atoms with E-state index in [1.54, 1.807) is 31.2 Å². The molecule has 0 aliphatic heterocycles. The van der Waals surface area contributed by atoms with Crippen molar-refractivity contribution in [2.24, 2.45) is 5.92 Å². The van der Waals surface area contributed by atoms with Gasteiger partial charge in [-0.3, -0.25) is 9.59 Å². The zero-order chi connectivity index (χ0) is 16.2. The lowest BCUT2D eigenvalue weighted by Crippen LogP contribution is -2.48. The van der Waals surface area contributed by atoms with E-state index in [-0.39, 0.29) is 24.3 Å². The minimum Gasteiger partial charge on any atom is -0.482 e. The second kappa shape index (κ2) is 6.48. The summed E-state index contributed by atoms with van der Waals surface area (Å²) in [6, 6.07) is 9.04. The summed E-state index contributed by atoms with van der Waals surface area (Å²) in [4.78, 5) is 23.1. The number of hydrogen-bond donors (Lipinski definition) is 2. The van der Waals surface area contributed by atoms with Crippen molar-refractivity contribution in [3.8, 4) is 11.8 Å². The third-order valence-electron chi connectivity index (χ3n) is 3.58. The van der Waals surface area contributed by atoms with Gasteiger partial charge in [0.15, 0.2) is 6.61 Å². The first-order chi connectivity index (χ1) is 10.4. The van der Waals surface area contributed by atoms with Gasteiger partial charge in [-0.05, 0) is 37.8 Å². The number of nitriles is 1. The van der Waals surface area contributed by atoms with E-state index in [0.717, 1.165) is 12.8 Å². The Morgan fingerprint density at radius 2 is 2.09 bits per heavy atom. The van der Waals surface area contributed by atoms with Crippen LogP contribution < -0.4 is 15.4 Å². The fourth-order valence-corrected chi connectivity index (χ4v) is 2.24. The summed E-state index contributed by atoms with van der Waals surface area (Å²) in [5, 5.41) is 14.6. The Labute approximate surface area is 129 Å². The Balaban J connectivity index is 1.94. The lowest BCUT2D eigenvalue weighted by atomic mass is 9.98. The van der Waals surface area contributed by atoms with Gasteiger partial charge in [-0.25, -0.2) is 0 Å². The van der Waals surface area contributed by atoms with E-state index in [9.17, 15) is 14.9 Å². The number of hydrogen-bond acceptors (Lipinski definition) is 4. The molecule has 1 aliphatic carbocycles. The van der Waals surface area contributed by atoms with E-state index in [1.807, 2.05) is 0 Å². The highest BCUT2D eigenvalue weighted by atomic mass is 16.5. The summed E-state index contributed by atoms with van der Waals surface area (Å²) < 4.78 is 5.45. The quantitative estimate of drug-likeness (QED) is 0.838. The lowest BCUT2D eigenvalue weighted by Gasteiger charge is -2.23. The van der Waals surface area contributed by atoms with Gasteiger partial charge >= 0.3 is 0 Å². The summed E-state index contributed by atoms with van der Waals surface area (Å²) in [7, 11) is 0. The number of rotatable bonds is 6. The zero-order valence-corrected chi connectivity index (χ0v) is 12.7. The van der Waals surface area contributed by atoms with Gasteiger partial charge in [0, 0.05) is 6.92 Å². The molecule has 0 spiro atoms. The van der Waals surface area contributed by atoms with E-state index in [4.69, 9.17) is 4.74 Å². The molecule has 22 heavy (non-hydrogen) atoms. The van der Waals surface area contributed by atoms with Gasteiger partial charge in [0.1, 0.15) is 11.3 Å². The molecule has 2 N–H and O–H groups in total. The van der Waals surface area contributed by atoms with Crippen molar-refractivity contribution in [2.45, 2.75) is 32.2 Å². The van der Waals surface area contributed by atoms with Crippen molar-refractivity contribution in [2.75, 3.05) is 11.9 Å². The number of carbonyl (C=O) groups excluding carboxylic acids is 2. The Morgan fingerprint density at radius 3 is 2.68 bits per heavy atom. The number of ether oxygens (including phenoxy) is 1. The van der Waals surface area contributed by atoms with E-state index < -0.39 is 5.54 Å². The number of nitrogens with zero attached hydrogens (tertiary/aromatic N) is 1. The van der Waals surface area contributed by atoms with Crippen LogP contribution in [-0.4, -0.2) is 24.0 Å². The Hall–Kier alpha value is -2.55. The molecule has 0 heterocycles. The maximum absolute atomic E-state index is 12.0. The van der Waals surface area contributed by atoms with Crippen LogP contribution >= 0.6 is 0 Å². The standard InChI is InChI=1S/C16H19N3O3/c1-11(20)18-13-5-3-4-6-14(13)22-9-15(21)19-16(2,10-17)12-7-8-12/h3-6,12H,7-9H2,1-2H3,(H,18,20)(H,19,21)/t16-/m0/s1. The molecule has 1 saturated carbocycles. The molecule has 1 aliphatic rings. The molecule has 0 bridgehead atoms. The molecule has 0 unspecified atom stereocenters. The van der Waals surface area contributed by atoms with Crippen LogP contribution in [0.5, 0.6) is 5.75 Å². The third kappa shape index (κ3) is 3.98. The summed E-state index contributed by atoms with van der Waals surface area (Å²) >= 11 is 0. The first kappa shape index (κ1) is 15.8. The van der Waals surface area contributed by atoms with Crippen molar-refractivity contribution in [3.05, 3.63) is 24.3 Å². The van der Waals surface area contributed by atoms with Crippen LogP contribution in [0.4, 0.5) is 5.69 Å². The van der Waals surface area contributed by atoms with Gasteiger partial charge in [-0.15, -0.1) is 0 Å². The SMILES string of the molecule is CC(=O)Nc1ccccc1OCC(=O)N[C@@](C)(C#N)C1CC1. The summed E-state index contributed by atoms with van der Waals surface area (Å²) in [6.45, 7) is 2.92. The summed E-state index contributed by atoms with van der Waals surface area (Å²) in [5.41, 5.74) is -0.328. The first-order valence-corrected chi connectivity index (χ1v) is 7.16. The minimum absolute atomic E-state index is 0.208. The molecule has 116 valence electrons. The second-order valence-corrected chi connectivity index (χ2v) is 5.60.